The summed E-state index contributed by atoms with van der Waals surface area (Å²) in [5.74, 6) is -1.09. The van der Waals surface area contributed by atoms with E-state index in [1.54, 1.807) is 32.5 Å². The number of aliphatic carboxylic acids is 1. The molecule has 0 saturated carbocycles. The van der Waals surface area contributed by atoms with Crippen LogP contribution in [0.5, 0.6) is 0 Å². The Morgan fingerprint density at radius 2 is 1.86 bits per heavy atom. The van der Waals surface area contributed by atoms with E-state index in [9.17, 15) is 14.7 Å². The van der Waals surface area contributed by atoms with Crippen molar-refractivity contribution in [3.05, 3.63) is 29.8 Å². The molecule has 1 rings (SSSR count). The van der Waals surface area contributed by atoms with Gasteiger partial charge >= 0.3 is 12.1 Å². The van der Waals surface area contributed by atoms with Crippen LogP contribution in [-0.4, -0.2) is 35.1 Å². The number of thioether (sulfide) groups is 1. The topological polar surface area (TPSA) is 75.6 Å². The Hall–Kier alpha value is -1.69. The van der Waals surface area contributed by atoms with Gasteiger partial charge in [-0.25, -0.2) is 9.59 Å². The molecule has 1 atom stereocenters. The van der Waals surface area contributed by atoms with Crippen LogP contribution in [0.15, 0.2) is 29.2 Å². The summed E-state index contributed by atoms with van der Waals surface area (Å²) in [6, 6.07) is 6.55. The summed E-state index contributed by atoms with van der Waals surface area (Å²) in [4.78, 5) is 24.0. The lowest BCUT2D eigenvalue weighted by atomic mass is 10.1. The monoisotopic (exact) mass is 311 g/mol. The molecule has 5 nitrogen and oxygen atoms in total. The molecule has 1 amide bonds. The van der Waals surface area contributed by atoms with Gasteiger partial charge < -0.3 is 15.2 Å². The summed E-state index contributed by atoms with van der Waals surface area (Å²) < 4.78 is 5.08. The predicted octanol–water partition coefficient (Wildman–Crippen LogP) is 2.93. The predicted molar refractivity (Wildman–Crippen MR) is 82.7 cm³/mol. The minimum atomic E-state index is -1.09. The number of carbonyl (C=O) groups is 2. The Bertz CT molecular complexity index is 493. The van der Waals surface area contributed by atoms with E-state index >= 15 is 0 Å². The summed E-state index contributed by atoms with van der Waals surface area (Å²) >= 11 is 1.61. The van der Waals surface area contributed by atoms with Crippen LogP contribution in [-0.2, 0) is 16.0 Å². The number of nitrogens with one attached hydrogen (secondary N) is 1. The van der Waals surface area contributed by atoms with Gasteiger partial charge in [0, 0.05) is 11.3 Å². The van der Waals surface area contributed by atoms with Crippen LogP contribution in [0.3, 0.4) is 0 Å². The van der Waals surface area contributed by atoms with Crippen molar-refractivity contribution in [1.29, 1.82) is 0 Å². The van der Waals surface area contributed by atoms with Crippen molar-refractivity contribution in [1.82, 2.24) is 5.32 Å². The Kier molecular flexibility index (Phi) is 6.08. The molecule has 1 aromatic rings. The van der Waals surface area contributed by atoms with E-state index in [1.165, 1.54) is 0 Å². The largest absolute Gasteiger partial charge is 0.480 e. The number of hydrogen-bond donors (Lipinski definition) is 2. The molecule has 0 fully saturated rings. The first-order valence-corrected chi connectivity index (χ1v) is 7.79. The van der Waals surface area contributed by atoms with E-state index in [0.29, 0.717) is 0 Å². The summed E-state index contributed by atoms with van der Waals surface area (Å²) in [5.41, 5.74) is 0.184. The van der Waals surface area contributed by atoms with Crippen LogP contribution in [0.1, 0.15) is 26.3 Å². The van der Waals surface area contributed by atoms with Crippen LogP contribution in [0.4, 0.5) is 4.79 Å². The van der Waals surface area contributed by atoms with E-state index in [2.05, 4.69) is 5.32 Å². The van der Waals surface area contributed by atoms with Crippen molar-refractivity contribution in [3.63, 3.8) is 0 Å². The zero-order valence-electron chi connectivity index (χ0n) is 12.7. The van der Waals surface area contributed by atoms with Crippen molar-refractivity contribution in [3.8, 4) is 0 Å². The highest BCUT2D eigenvalue weighted by Crippen LogP contribution is 2.16. The first-order valence-electron chi connectivity index (χ1n) is 6.56. The van der Waals surface area contributed by atoms with Crippen molar-refractivity contribution in [2.75, 3.05) is 6.26 Å². The van der Waals surface area contributed by atoms with E-state index in [-0.39, 0.29) is 6.42 Å². The molecule has 1 aromatic carbocycles. The molecule has 0 aliphatic heterocycles. The van der Waals surface area contributed by atoms with Crippen molar-refractivity contribution in [2.45, 2.75) is 43.7 Å². The Labute approximate surface area is 129 Å². The van der Waals surface area contributed by atoms with E-state index in [4.69, 9.17) is 4.74 Å². The second kappa shape index (κ2) is 7.36. The van der Waals surface area contributed by atoms with Crippen LogP contribution >= 0.6 is 11.8 Å². The Morgan fingerprint density at radius 3 is 2.29 bits per heavy atom. The normalized spacial score (nSPS) is 12.6. The van der Waals surface area contributed by atoms with Gasteiger partial charge in [-0.2, -0.15) is 0 Å². The molecule has 0 saturated heterocycles. The van der Waals surface area contributed by atoms with Gasteiger partial charge in [-0.1, -0.05) is 12.1 Å². The lowest BCUT2D eigenvalue weighted by Crippen LogP contribution is -2.44. The fourth-order valence-electron chi connectivity index (χ4n) is 1.65. The highest BCUT2D eigenvalue weighted by molar-refractivity contribution is 7.98. The fourth-order valence-corrected chi connectivity index (χ4v) is 2.06. The molecule has 0 spiro atoms. The number of carboxylic acid groups (broad SMARTS) is 1. The number of rotatable bonds is 5. The van der Waals surface area contributed by atoms with Gasteiger partial charge in [0.15, 0.2) is 0 Å². The second-order valence-electron chi connectivity index (χ2n) is 5.59. The average Bonchev–Trinajstić information content (AvgIpc) is 2.36. The Morgan fingerprint density at radius 1 is 1.29 bits per heavy atom. The van der Waals surface area contributed by atoms with Crippen molar-refractivity contribution in [2.24, 2.45) is 0 Å². The zero-order chi connectivity index (χ0) is 16.0. The third-order valence-corrected chi connectivity index (χ3v) is 3.33. The van der Waals surface area contributed by atoms with Gasteiger partial charge in [-0.3, -0.25) is 0 Å². The second-order valence-corrected chi connectivity index (χ2v) is 6.47. The Balaban J connectivity index is 2.69. The number of carbonyl (C=O) groups excluding carboxylic acids is 1. The van der Waals surface area contributed by atoms with Crippen LogP contribution in [0, 0.1) is 0 Å². The maximum absolute atomic E-state index is 11.7. The van der Waals surface area contributed by atoms with Gasteiger partial charge in [0.05, 0.1) is 0 Å². The molecule has 1 unspecified atom stereocenters. The van der Waals surface area contributed by atoms with Crippen LogP contribution in [0.25, 0.3) is 0 Å². The van der Waals surface area contributed by atoms with E-state index in [1.807, 2.05) is 30.5 Å². The molecule has 21 heavy (non-hydrogen) atoms. The summed E-state index contributed by atoms with van der Waals surface area (Å²) in [5, 5.41) is 11.6. The number of benzene rings is 1. The lowest BCUT2D eigenvalue weighted by Gasteiger charge is -2.22. The highest BCUT2D eigenvalue weighted by atomic mass is 32.2. The van der Waals surface area contributed by atoms with E-state index in [0.717, 1.165) is 10.5 Å². The molecule has 0 bridgehead atoms. The SMILES string of the molecule is CSc1ccc(CC(NC(=O)OC(C)(C)C)C(=O)O)cc1. The number of alkyl carbamates (subject to hydrolysis) is 1. The van der Waals surface area contributed by atoms with Gasteiger partial charge in [0.25, 0.3) is 0 Å². The summed E-state index contributed by atoms with van der Waals surface area (Å²) in [7, 11) is 0. The summed E-state index contributed by atoms with van der Waals surface area (Å²) in [6.07, 6.45) is 1.46. The van der Waals surface area contributed by atoms with E-state index < -0.39 is 23.7 Å². The molecule has 2 N–H and O–H groups in total. The molecule has 0 aliphatic carbocycles. The van der Waals surface area contributed by atoms with Crippen molar-refractivity contribution >= 4 is 23.8 Å². The lowest BCUT2D eigenvalue weighted by molar-refractivity contribution is -0.139. The number of ether oxygens (including phenoxy) is 1. The standard InChI is InChI=1S/C15H21NO4S/c1-15(2,3)20-14(19)16-12(13(17)18)9-10-5-7-11(21-4)8-6-10/h5-8,12H,9H2,1-4H3,(H,16,19)(H,17,18). The van der Waals surface area contributed by atoms with Crippen LogP contribution < -0.4 is 5.32 Å². The van der Waals surface area contributed by atoms with Crippen LogP contribution in [0.2, 0.25) is 0 Å². The highest BCUT2D eigenvalue weighted by Gasteiger charge is 2.24. The minimum absolute atomic E-state index is 0.212. The molecule has 6 heteroatoms. The number of hydrogen-bond acceptors (Lipinski definition) is 4. The molecule has 116 valence electrons. The fraction of sp³-hybridized carbons (Fsp3) is 0.467. The maximum atomic E-state index is 11.7. The summed E-state index contributed by atoms with van der Waals surface area (Å²) in [6.45, 7) is 5.18. The molecule has 0 heterocycles. The third kappa shape index (κ3) is 6.53. The van der Waals surface area contributed by atoms with Gasteiger partial charge in [0.1, 0.15) is 11.6 Å². The quantitative estimate of drug-likeness (QED) is 0.818. The maximum Gasteiger partial charge on any atom is 0.408 e. The first kappa shape index (κ1) is 17.4. The molecule has 0 radical (unpaired) electrons. The smallest absolute Gasteiger partial charge is 0.408 e. The minimum Gasteiger partial charge on any atom is -0.480 e. The average molecular weight is 311 g/mol. The van der Waals surface area contributed by atoms with Crippen molar-refractivity contribution < 1.29 is 19.4 Å². The van der Waals surface area contributed by atoms with Gasteiger partial charge in [-0.15, -0.1) is 11.8 Å². The molecular formula is C15H21NO4S. The number of amides is 1. The third-order valence-electron chi connectivity index (χ3n) is 2.59. The number of carboxylic acids is 1. The molecule has 0 aromatic heterocycles. The zero-order valence-corrected chi connectivity index (χ0v) is 13.5. The molecular weight excluding hydrogens is 290 g/mol. The molecule has 0 aliphatic rings. The van der Waals surface area contributed by atoms with Gasteiger partial charge in [0.2, 0.25) is 0 Å². The first-order chi connectivity index (χ1) is 9.71. The van der Waals surface area contributed by atoms with Gasteiger partial charge in [-0.05, 0) is 44.7 Å².